The van der Waals surface area contributed by atoms with Crippen molar-refractivity contribution in [1.82, 2.24) is 14.9 Å². The summed E-state index contributed by atoms with van der Waals surface area (Å²) in [6.45, 7) is 4.45. The van der Waals surface area contributed by atoms with Crippen LogP contribution in [0.15, 0.2) is 22.7 Å². The first kappa shape index (κ1) is 18.2. The summed E-state index contributed by atoms with van der Waals surface area (Å²) in [5.74, 6) is 0.727. The number of carbonyl (C=O) groups is 1. The second kappa shape index (κ2) is 7.61. The zero-order chi connectivity index (χ0) is 17.9. The van der Waals surface area contributed by atoms with Crippen LogP contribution in [0.2, 0.25) is 0 Å². The molecule has 1 heterocycles. The molecule has 1 amide bonds. The Balaban J connectivity index is 2.55. The third-order valence-electron chi connectivity index (χ3n) is 3.39. The topological polar surface area (TPSA) is 81.3 Å². The Kier molecular flexibility index (Phi) is 5.77. The predicted octanol–water partition coefficient (Wildman–Crippen LogP) is 3.29. The molecule has 0 aliphatic heterocycles. The van der Waals surface area contributed by atoms with E-state index in [4.69, 9.17) is 10.5 Å². The number of ether oxygens (including phenoxy) is 1. The molecule has 0 saturated carbocycles. The van der Waals surface area contributed by atoms with Crippen LogP contribution in [-0.2, 0) is 0 Å². The standard InChI is InChI=1S/C17H21BrN4O2/c1-5-8-24-13-7-6-11(9-12(13)18)15-14(16(23)22(3)4)10(2)20-17(19)21-15/h6-7,9H,5,8H2,1-4H3,(H2,19,20,21). The Morgan fingerprint density at radius 2 is 2.04 bits per heavy atom. The lowest BCUT2D eigenvalue weighted by atomic mass is 10.0. The Morgan fingerprint density at radius 3 is 2.62 bits per heavy atom. The highest BCUT2D eigenvalue weighted by Crippen LogP contribution is 2.32. The molecule has 1 aromatic heterocycles. The SMILES string of the molecule is CCCOc1ccc(-c2nc(N)nc(C)c2C(=O)N(C)C)cc1Br. The highest BCUT2D eigenvalue weighted by Gasteiger charge is 2.21. The van der Waals surface area contributed by atoms with Gasteiger partial charge in [0.15, 0.2) is 0 Å². The summed E-state index contributed by atoms with van der Waals surface area (Å²) in [5, 5.41) is 0. The van der Waals surface area contributed by atoms with E-state index >= 15 is 0 Å². The summed E-state index contributed by atoms with van der Waals surface area (Å²) in [4.78, 5) is 22.5. The number of hydrogen-bond acceptors (Lipinski definition) is 5. The van der Waals surface area contributed by atoms with E-state index in [1.165, 1.54) is 4.90 Å². The minimum atomic E-state index is -0.162. The molecule has 0 saturated heterocycles. The van der Waals surface area contributed by atoms with Gasteiger partial charge < -0.3 is 15.4 Å². The third kappa shape index (κ3) is 3.84. The van der Waals surface area contributed by atoms with Crippen LogP contribution in [0.5, 0.6) is 5.75 Å². The van der Waals surface area contributed by atoms with Crippen LogP contribution in [0.1, 0.15) is 29.4 Å². The van der Waals surface area contributed by atoms with Gasteiger partial charge in [0, 0.05) is 19.7 Å². The van der Waals surface area contributed by atoms with Crippen molar-refractivity contribution in [3.63, 3.8) is 0 Å². The predicted molar refractivity (Wildman–Crippen MR) is 98.1 cm³/mol. The number of benzene rings is 1. The lowest BCUT2D eigenvalue weighted by Crippen LogP contribution is -2.24. The number of aryl methyl sites for hydroxylation is 1. The van der Waals surface area contributed by atoms with Gasteiger partial charge in [-0.15, -0.1) is 0 Å². The fraction of sp³-hybridized carbons (Fsp3) is 0.353. The molecule has 128 valence electrons. The van der Waals surface area contributed by atoms with Gasteiger partial charge >= 0.3 is 0 Å². The molecule has 24 heavy (non-hydrogen) atoms. The molecular weight excluding hydrogens is 372 g/mol. The Hall–Kier alpha value is -2.15. The van der Waals surface area contributed by atoms with Crippen molar-refractivity contribution in [3.05, 3.63) is 33.9 Å². The number of halogens is 1. The highest BCUT2D eigenvalue weighted by atomic mass is 79.9. The zero-order valence-corrected chi connectivity index (χ0v) is 15.8. The Morgan fingerprint density at radius 1 is 1.33 bits per heavy atom. The van der Waals surface area contributed by atoms with E-state index in [1.54, 1.807) is 21.0 Å². The average Bonchev–Trinajstić information content (AvgIpc) is 2.52. The van der Waals surface area contributed by atoms with Gasteiger partial charge in [-0.1, -0.05) is 6.92 Å². The number of rotatable bonds is 5. The van der Waals surface area contributed by atoms with Crippen LogP contribution >= 0.6 is 15.9 Å². The second-order valence-electron chi connectivity index (χ2n) is 5.58. The number of aromatic nitrogens is 2. The van der Waals surface area contributed by atoms with Gasteiger partial charge in [0.1, 0.15) is 5.75 Å². The second-order valence-corrected chi connectivity index (χ2v) is 6.44. The lowest BCUT2D eigenvalue weighted by Gasteiger charge is -2.16. The number of hydrogen-bond donors (Lipinski definition) is 1. The number of carbonyl (C=O) groups excluding carboxylic acids is 1. The molecule has 0 fully saturated rings. The normalized spacial score (nSPS) is 10.5. The van der Waals surface area contributed by atoms with E-state index in [0.29, 0.717) is 23.6 Å². The van der Waals surface area contributed by atoms with Crippen molar-refractivity contribution in [2.75, 3.05) is 26.4 Å². The van der Waals surface area contributed by atoms with Gasteiger partial charge in [0.05, 0.1) is 28.0 Å². The lowest BCUT2D eigenvalue weighted by molar-refractivity contribution is 0.0827. The average molecular weight is 393 g/mol. The number of nitrogens with zero attached hydrogens (tertiary/aromatic N) is 3. The monoisotopic (exact) mass is 392 g/mol. The molecule has 2 rings (SSSR count). The summed E-state index contributed by atoms with van der Waals surface area (Å²) in [7, 11) is 3.39. The number of amides is 1. The molecule has 0 spiro atoms. The zero-order valence-electron chi connectivity index (χ0n) is 14.3. The first-order valence-corrected chi connectivity index (χ1v) is 8.43. The van der Waals surface area contributed by atoms with Crippen molar-refractivity contribution in [2.45, 2.75) is 20.3 Å². The maximum Gasteiger partial charge on any atom is 0.257 e. The minimum absolute atomic E-state index is 0.139. The summed E-state index contributed by atoms with van der Waals surface area (Å²) in [5.41, 5.74) is 8.08. The first-order chi connectivity index (χ1) is 11.3. The molecule has 0 aliphatic carbocycles. The Bertz CT molecular complexity index is 762. The number of nitrogen functional groups attached to an aromatic ring is 1. The first-order valence-electron chi connectivity index (χ1n) is 7.63. The summed E-state index contributed by atoms with van der Waals surface area (Å²) < 4.78 is 6.46. The van der Waals surface area contributed by atoms with Gasteiger partial charge in [-0.2, -0.15) is 0 Å². The van der Waals surface area contributed by atoms with Crippen LogP contribution in [0, 0.1) is 6.92 Å². The van der Waals surface area contributed by atoms with Gasteiger partial charge in [-0.3, -0.25) is 4.79 Å². The molecule has 6 nitrogen and oxygen atoms in total. The number of nitrogens with two attached hydrogens (primary N) is 1. The fourth-order valence-corrected chi connectivity index (χ4v) is 2.75. The largest absolute Gasteiger partial charge is 0.492 e. The molecule has 0 atom stereocenters. The molecule has 0 aliphatic rings. The maximum absolute atomic E-state index is 12.5. The van der Waals surface area contributed by atoms with Gasteiger partial charge in [-0.25, -0.2) is 9.97 Å². The van der Waals surface area contributed by atoms with Gasteiger partial charge in [0.2, 0.25) is 5.95 Å². The smallest absolute Gasteiger partial charge is 0.257 e. The van der Waals surface area contributed by atoms with E-state index < -0.39 is 0 Å². The fourth-order valence-electron chi connectivity index (χ4n) is 2.26. The van der Waals surface area contributed by atoms with Crippen LogP contribution in [0.25, 0.3) is 11.3 Å². The van der Waals surface area contributed by atoms with E-state index in [1.807, 2.05) is 25.1 Å². The van der Waals surface area contributed by atoms with E-state index in [9.17, 15) is 4.79 Å². The minimum Gasteiger partial charge on any atom is -0.492 e. The van der Waals surface area contributed by atoms with Crippen molar-refractivity contribution in [2.24, 2.45) is 0 Å². The van der Waals surface area contributed by atoms with Gasteiger partial charge in [0.25, 0.3) is 5.91 Å². The molecule has 2 N–H and O–H groups in total. The van der Waals surface area contributed by atoms with Crippen LogP contribution in [0.4, 0.5) is 5.95 Å². The molecule has 2 aromatic rings. The molecule has 7 heteroatoms. The van der Waals surface area contributed by atoms with Crippen molar-refractivity contribution in [1.29, 1.82) is 0 Å². The molecular formula is C17H21BrN4O2. The molecule has 0 bridgehead atoms. The maximum atomic E-state index is 12.5. The molecule has 0 unspecified atom stereocenters. The van der Waals surface area contributed by atoms with Crippen molar-refractivity contribution < 1.29 is 9.53 Å². The summed E-state index contributed by atoms with van der Waals surface area (Å²) >= 11 is 3.51. The van der Waals surface area contributed by atoms with Crippen LogP contribution in [-0.4, -0.2) is 41.5 Å². The highest BCUT2D eigenvalue weighted by molar-refractivity contribution is 9.10. The quantitative estimate of drug-likeness (QED) is 0.843. The van der Waals surface area contributed by atoms with E-state index in [2.05, 4.69) is 25.9 Å². The van der Waals surface area contributed by atoms with E-state index in [0.717, 1.165) is 22.2 Å². The van der Waals surface area contributed by atoms with Crippen molar-refractivity contribution >= 4 is 27.8 Å². The molecule has 1 aromatic carbocycles. The summed E-state index contributed by atoms with van der Waals surface area (Å²) in [6, 6.07) is 5.59. The molecule has 0 radical (unpaired) electrons. The number of anilines is 1. The van der Waals surface area contributed by atoms with Crippen LogP contribution in [0.3, 0.4) is 0 Å². The van der Waals surface area contributed by atoms with Crippen molar-refractivity contribution in [3.8, 4) is 17.0 Å². The van der Waals surface area contributed by atoms with Crippen LogP contribution < -0.4 is 10.5 Å². The Labute approximate surface area is 150 Å². The third-order valence-corrected chi connectivity index (χ3v) is 4.01. The summed E-state index contributed by atoms with van der Waals surface area (Å²) in [6.07, 6.45) is 0.928. The van der Waals surface area contributed by atoms with E-state index in [-0.39, 0.29) is 11.9 Å². The van der Waals surface area contributed by atoms with Gasteiger partial charge in [-0.05, 0) is 47.5 Å².